The highest BCUT2D eigenvalue weighted by Crippen LogP contribution is 2.24. The fourth-order valence-corrected chi connectivity index (χ4v) is 3.26. The first-order valence-electron chi connectivity index (χ1n) is 9.86. The van der Waals surface area contributed by atoms with E-state index in [1.165, 1.54) is 6.33 Å². The molecule has 0 aromatic carbocycles. The monoisotopic (exact) mass is 404 g/mol. The number of anilines is 1. The molecule has 2 aromatic rings. The zero-order chi connectivity index (χ0) is 21.2. The molecule has 1 amide bonds. The number of aromatic nitrogens is 4. The van der Waals surface area contributed by atoms with Crippen molar-refractivity contribution >= 4 is 29.0 Å². The lowest BCUT2D eigenvalue weighted by atomic mass is 10.2. The molecule has 158 valence electrons. The molecule has 2 aromatic heterocycles. The lowest BCUT2D eigenvalue weighted by molar-refractivity contribution is 0.0293. The molecule has 1 fully saturated rings. The molecule has 1 unspecified atom stereocenters. The minimum Gasteiger partial charge on any atom is -0.460 e. The molecule has 29 heavy (non-hydrogen) atoms. The van der Waals surface area contributed by atoms with E-state index in [0.29, 0.717) is 36.6 Å². The molecular weight excluding hydrogens is 376 g/mol. The van der Waals surface area contributed by atoms with Crippen LogP contribution < -0.4 is 5.32 Å². The highest BCUT2D eigenvalue weighted by molar-refractivity contribution is 5.93. The second-order valence-electron chi connectivity index (χ2n) is 7.85. The average molecular weight is 404 g/mol. The minimum absolute atomic E-state index is 0.00145. The molecule has 0 aliphatic carbocycles. The van der Waals surface area contributed by atoms with Crippen LogP contribution >= 0.6 is 0 Å². The van der Waals surface area contributed by atoms with E-state index in [9.17, 15) is 9.59 Å². The summed E-state index contributed by atoms with van der Waals surface area (Å²) >= 11 is 0. The molecule has 10 nitrogen and oxygen atoms in total. The predicted molar refractivity (Wildman–Crippen MR) is 107 cm³/mol. The Labute approximate surface area is 169 Å². The van der Waals surface area contributed by atoms with Gasteiger partial charge in [0.25, 0.3) is 0 Å². The summed E-state index contributed by atoms with van der Waals surface area (Å²) in [5.41, 5.74) is 0.543. The van der Waals surface area contributed by atoms with Gasteiger partial charge in [0.2, 0.25) is 5.82 Å². The minimum atomic E-state index is -0.530. The number of imidazole rings is 1. The molecule has 1 aliphatic rings. The Morgan fingerprint density at radius 1 is 1.28 bits per heavy atom. The van der Waals surface area contributed by atoms with Crippen molar-refractivity contribution < 1.29 is 19.1 Å². The van der Waals surface area contributed by atoms with E-state index in [-0.39, 0.29) is 24.6 Å². The maximum Gasteiger partial charge on any atom is 0.410 e. The van der Waals surface area contributed by atoms with E-state index in [1.54, 1.807) is 16.4 Å². The van der Waals surface area contributed by atoms with Gasteiger partial charge in [0.15, 0.2) is 17.0 Å². The number of likely N-dealkylation sites (tertiary alicyclic amines) is 1. The Hall–Kier alpha value is -2.91. The highest BCUT2D eigenvalue weighted by atomic mass is 16.6. The van der Waals surface area contributed by atoms with Crippen LogP contribution in [-0.2, 0) is 16.0 Å². The van der Waals surface area contributed by atoms with Crippen molar-refractivity contribution in [3.05, 3.63) is 12.2 Å². The number of ether oxygens (including phenoxy) is 2. The summed E-state index contributed by atoms with van der Waals surface area (Å²) < 4.78 is 12.3. The Kier molecular flexibility index (Phi) is 5.90. The van der Waals surface area contributed by atoms with Gasteiger partial charge in [0, 0.05) is 25.7 Å². The molecule has 3 heterocycles. The topological polar surface area (TPSA) is 111 Å². The van der Waals surface area contributed by atoms with Crippen molar-refractivity contribution in [3.8, 4) is 0 Å². The number of nitrogens with one attached hydrogen (secondary N) is 1. The van der Waals surface area contributed by atoms with Crippen molar-refractivity contribution in [1.29, 1.82) is 0 Å². The third-order valence-corrected chi connectivity index (χ3v) is 4.49. The Balaban J connectivity index is 1.79. The van der Waals surface area contributed by atoms with Crippen LogP contribution in [0.5, 0.6) is 0 Å². The van der Waals surface area contributed by atoms with Crippen LogP contribution in [0.2, 0.25) is 0 Å². The number of carbonyl (C=O) groups excluding carboxylic acids is 2. The second kappa shape index (κ2) is 8.22. The fourth-order valence-electron chi connectivity index (χ4n) is 3.26. The maximum absolute atomic E-state index is 12.3. The summed E-state index contributed by atoms with van der Waals surface area (Å²) in [7, 11) is 0. The van der Waals surface area contributed by atoms with Gasteiger partial charge in [0.05, 0.1) is 6.61 Å². The lowest BCUT2D eigenvalue weighted by Gasteiger charge is -2.24. The molecule has 0 spiro atoms. The predicted octanol–water partition coefficient (Wildman–Crippen LogP) is 2.44. The SMILES string of the molecule is CCOC(=O)c1nc2c(NC3CCN(C(=O)OC(C)(C)C)C3)ncnc2n1CC. The van der Waals surface area contributed by atoms with Crippen molar-refractivity contribution in [1.82, 2.24) is 24.4 Å². The summed E-state index contributed by atoms with van der Waals surface area (Å²) in [4.78, 5) is 39.2. The van der Waals surface area contributed by atoms with E-state index < -0.39 is 11.6 Å². The molecule has 3 rings (SSSR count). The van der Waals surface area contributed by atoms with Gasteiger partial charge < -0.3 is 24.3 Å². The van der Waals surface area contributed by atoms with Gasteiger partial charge in [-0.15, -0.1) is 0 Å². The van der Waals surface area contributed by atoms with Crippen LogP contribution in [0.15, 0.2) is 6.33 Å². The molecule has 0 radical (unpaired) electrons. The van der Waals surface area contributed by atoms with Crippen LogP contribution in [0.1, 0.15) is 51.7 Å². The van der Waals surface area contributed by atoms with Crippen molar-refractivity contribution in [2.24, 2.45) is 0 Å². The van der Waals surface area contributed by atoms with Gasteiger partial charge in [0.1, 0.15) is 11.9 Å². The first-order chi connectivity index (χ1) is 13.7. The first kappa shape index (κ1) is 20.8. The van der Waals surface area contributed by atoms with Gasteiger partial charge >= 0.3 is 12.1 Å². The number of esters is 1. The fraction of sp³-hybridized carbons (Fsp3) is 0.632. The van der Waals surface area contributed by atoms with Crippen LogP contribution in [0.3, 0.4) is 0 Å². The number of amides is 1. The van der Waals surface area contributed by atoms with Gasteiger partial charge in [-0.25, -0.2) is 24.5 Å². The first-order valence-corrected chi connectivity index (χ1v) is 9.86. The number of carbonyl (C=O) groups is 2. The summed E-state index contributed by atoms with van der Waals surface area (Å²) in [5, 5.41) is 3.34. The van der Waals surface area contributed by atoms with Crippen LogP contribution in [0.4, 0.5) is 10.6 Å². The Morgan fingerprint density at radius 3 is 2.69 bits per heavy atom. The summed E-state index contributed by atoms with van der Waals surface area (Å²) in [6, 6.07) is -0.00145. The number of rotatable bonds is 5. The molecule has 1 atom stereocenters. The molecule has 0 bridgehead atoms. The second-order valence-corrected chi connectivity index (χ2v) is 7.85. The van der Waals surface area contributed by atoms with E-state index in [2.05, 4.69) is 20.3 Å². The third-order valence-electron chi connectivity index (χ3n) is 4.49. The van der Waals surface area contributed by atoms with Crippen molar-refractivity contribution in [3.63, 3.8) is 0 Å². The normalized spacial score (nSPS) is 16.9. The van der Waals surface area contributed by atoms with Gasteiger partial charge in [-0.05, 0) is 41.0 Å². The number of nitrogens with zero attached hydrogens (tertiary/aromatic N) is 5. The van der Waals surface area contributed by atoms with Crippen molar-refractivity contribution in [2.45, 2.75) is 59.2 Å². The quantitative estimate of drug-likeness (QED) is 0.757. The summed E-state index contributed by atoms with van der Waals surface area (Å²) in [6.07, 6.45) is 1.87. The van der Waals surface area contributed by atoms with Crippen LogP contribution in [0.25, 0.3) is 11.2 Å². The molecule has 10 heteroatoms. The van der Waals surface area contributed by atoms with E-state index in [0.717, 1.165) is 6.42 Å². The largest absolute Gasteiger partial charge is 0.460 e. The molecule has 1 N–H and O–H groups in total. The lowest BCUT2D eigenvalue weighted by Crippen LogP contribution is -2.36. The van der Waals surface area contributed by atoms with Crippen LogP contribution in [0, 0.1) is 0 Å². The molecule has 1 saturated heterocycles. The highest BCUT2D eigenvalue weighted by Gasteiger charge is 2.31. The van der Waals surface area contributed by atoms with E-state index in [1.807, 2.05) is 27.7 Å². The smallest absolute Gasteiger partial charge is 0.410 e. The number of hydrogen-bond donors (Lipinski definition) is 1. The third kappa shape index (κ3) is 4.57. The van der Waals surface area contributed by atoms with Gasteiger partial charge in [-0.1, -0.05) is 0 Å². The molecular formula is C19H28N6O4. The van der Waals surface area contributed by atoms with E-state index >= 15 is 0 Å². The summed E-state index contributed by atoms with van der Waals surface area (Å²) in [5.74, 6) is 0.244. The summed E-state index contributed by atoms with van der Waals surface area (Å²) in [6.45, 7) is 11.1. The molecule has 1 aliphatic heterocycles. The number of fused-ring (bicyclic) bond motifs is 1. The van der Waals surface area contributed by atoms with Crippen molar-refractivity contribution in [2.75, 3.05) is 25.0 Å². The molecule has 0 saturated carbocycles. The van der Waals surface area contributed by atoms with E-state index in [4.69, 9.17) is 9.47 Å². The van der Waals surface area contributed by atoms with Gasteiger partial charge in [-0.3, -0.25) is 0 Å². The zero-order valence-corrected chi connectivity index (χ0v) is 17.6. The Bertz CT molecular complexity index is 904. The standard InChI is InChI=1S/C19H28N6O4/c1-6-25-15-13(23-16(25)17(26)28-7-2)14(20-11-21-15)22-12-8-9-24(10-12)18(27)29-19(3,4)5/h11-12H,6-10H2,1-5H3,(H,20,21,22). The number of hydrogen-bond acceptors (Lipinski definition) is 8. The zero-order valence-electron chi connectivity index (χ0n) is 17.6. The average Bonchev–Trinajstić information content (AvgIpc) is 3.25. The van der Waals surface area contributed by atoms with Crippen LogP contribution in [-0.4, -0.2) is 67.8 Å². The Morgan fingerprint density at radius 2 is 2.03 bits per heavy atom. The number of aryl methyl sites for hydroxylation is 1. The van der Waals surface area contributed by atoms with Gasteiger partial charge in [-0.2, -0.15) is 0 Å². The maximum atomic E-state index is 12.3.